The van der Waals surface area contributed by atoms with Gasteiger partial charge in [-0.05, 0) is 6.92 Å². The Morgan fingerprint density at radius 1 is 1.89 bits per heavy atom. The van der Waals surface area contributed by atoms with Crippen LogP contribution >= 0.6 is 0 Å². The largest absolute Gasteiger partial charge is 0.373 e. The molecule has 1 aromatic heterocycles. The van der Waals surface area contributed by atoms with Gasteiger partial charge in [-0.1, -0.05) is 0 Å². The molecule has 0 aliphatic heterocycles. The molecule has 0 aliphatic rings. The first-order chi connectivity index (χ1) is 4.38. The highest BCUT2D eigenvalue weighted by molar-refractivity contribution is 4.96. The minimum Gasteiger partial charge on any atom is -0.373 e. The molecule has 0 atom stereocenters. The van der Waals surface area contributed by atoms with Crippen LogP contribution in [0.15, 0.2) is 12.4 Å². The van der Waals surface area contributed by atoms with Crippen molar-refractivity contribution in [3.8, 4) is 6.01 Å². The van der Waals surface area contributed by atoms with E-state index in [0.717, 1.165) is 6.54 Å². The summed E-state index contributed by atoms with van der Waals surface area (Å²) in [5, 5.41) is 0. The van der Waals surface area contributed by atoms with Crippen molar-refractivity contribution >= 4 is 0 Å². The van der Waals surface area contributed by atoms with Crippen LogP contribution in [0.5, 0.6) is 6.01 Å². The molecule has 0 spiro atoms. The Hall–Kier alpha value is -1.03. The number of imidazole rings is 1. The third kappa shape index (κ3) is 1.02. The van der Waals surface area contributed by atoms with Crippen LogP contribution in [0.1, 0.15) is 6.92 Å². The number of nitrogens with two attached hydrogens (primary N) is 1. The van der Waals surface area contributed by atoms with Crippen molar-refractivity contribution in [1.29, 1.82) is 0 Å². The second-order valence-corrected chi connectivity index (χ2v) is 1.61. The molecule has 50 valence electrons. The predicted octanol–water partition coefficient (Wildman–Crippen LogP) is 0.155. The fourth-order valence-corrected chi connectivity index (χ4v) is 0.654. The Morgan fingerprint density at radius 2 is 2.67 bits per heavy atom. The molecule has 0 fully saturated rings. The maximum absolute atomic E-state index is 4.89. The van der Waals surface area contributed by atoms with Crippen LogP contribution in [-0.2, 0) is 6.54 Å². The normalized spacial score (nSPS) is 9.56. The van der Waals surface area contributed by atoms with Crippen LogP contribution in [0, 0.1) is 0 Å². The van der Waals surface area contributed by atoms with Crippen LogP contribution in [0.2, 0.25) is 0 Å². The summed E-state index contributed by atoms with van der Waals surface area (Å²) in [6.45, 7) is 2.82. The van der Waals surface area contributed by atoms with Gasteiger partial charge in [0.1, 0.15) is 0 Å². The molecule has 9 heavy (non-hydrogen) atoms. The van der Waals surface area contributed by atoms with Crippen molar-refractivity contribution in [2.45, 2.75) is 13.5 Å². The highest BCUT2D eigenvalue weighted by Gasteiger charge is 1.96. The number of nitrogens with zero attached hydrogens (tertiary/aromatic N) is 2. The summed E-state index contributed by atoms with van der Waals surface area (Å²) in [4.78, 5) is 8.25. The second-order valence-electron chi connectivity index (χ2n) is 1.61. The van der Waals surface area contributed by atoms with E-state index >= 15 is 0 Å². The van der Waals surface area contributed by atoms with Crippen molar-refractivity contribution in [3.63, 3.8) is 0 Å². The summed E-state index contributed by atoms with van der Waals surface area (Å²) in [5.41, 5.74) is 0. The number of hydrogen-bond donors (Lipinski definition) is 1. The zero-order valence-electron chi connectivity index (χ0n) is 5.24. The first-order valence-corrected chi connectivity index (χ1v) is 2.76. The van der Waals surface area contributed by atoms with Gasteiger partial charge in [0.2, 0.25) is 0 Å². The van der Waals surface area contributed by atoms with Crippen molar-refractivity contribution in [2.75, 3.05) is 0 Å². The monoisotopic (exact) mass is 127 g/mol. The van der Waals surface area contributed by atoms with E-state index < -0.39 is 0 Å². The highest BCUT2D eigenvalue weighted by atomic mass is 16.6. The fourth-order valence-electron chi connectivity index (χ4n) is 0.654. The first kappa shape index (κ1) is 6.10. The second kappa shape index (κ2) is 2.50. The molecule has 4 nitrogen and oxygen atoms in total. The van der Waals surface area contributed by atoms with Crippen LogP contribution in [0.3, 0.4) is 0 Å². The third-order valence-electron chi connectivity index (χ3n) is 1.12. The van der Waals surface area contributed by atoms with Gasteiger partial charge in [-0.25, -0.2) is 4.98 Å². The molecule has 0 aliphatic carbocycles. The molecular weight excluding hydrogens is 118 g/mol. The summed E-state index contributed by atoms with van der Waals surface area (Å²) in [5.74, 6) is 4.89. The molecule has 1 rings (SSSR count). The van der Waals surface area contributed by atoms with Gasteiger partial charge in [0.15, 0.2) is 0 Å². The zero-order valence-corrected chi connectivity index (χ0v) is 5.24. The van der Waals surface area contributed by atoms with Gasteiger partial charge in [-0.2, -0.15) is 5.90 Å². The van der Waals surface area contributed by atoms with E-state index in [1.807, 2.05) is 13.1 Å². The van der Waals surface area contributed by atoms with E-state index in [1.165, 1.54) is 0 Å². The molecule has 0 unspecified atom stereocenters. The summed E-state index contributed by atoms with van der Waals surface area (Å²) >= 11 is 0. The van der Waals surface area contributed by atoms with Crippen molar-refractivity contribution in [2.24, 2.45) is 5.90 Å². The smallest absolute Gasteiger partial charge is 0.315 e. The molecule has 0 saturated carbocycles. The topological polar surface area (TPSA) is 53.1 Å². The molecule has 1 heterocycles. The first-order valence-electron chi connectivity index (χ1n) is 2.76. The molecule has 0 aromatic carbocycles. The predicted molar refractivity (Wildman–Crippen MR) is 32.7 cm³/mol. The average Bonchev–Trinajstić information content (AvgIpc) is 2.33. The van der Waals surface area contributed by atoms with Gasteiger partial charge >= 0.3 is 6.01 Å². The minimum atomic E-state index is 0.456. The molecule has 0 bridgehead atoms. The van der Waals surface area contributed by atoms with Crippen molar-refractivity contribution in [3.05, 3.63) is 12.4 Å². The van der Waals surface area contributed by atoms with Gasteiger partial charge in [0.05, 0.1) is 0 Å². The van der Waals surface area contributed by atoms with Gasteiger partial charge in [-0.15, -0.1) is 0 Å². The lowest BCUT2D eigenvalue weighted by molar-refractivity contribution is 0.291. The Kier molecular flexibility index (Phi) is 1.69. The van der Waals surface area contributed by atoms with E-state index in [4.69, 9.17) is 5.90 Å². The molecule has 0 radical (unpaired) electrons. The van der Waals surface area contributed by atoms with Crippen LogP contribution in [0.4, 0.5) is 0 Å². The lowest BCUT2D eigenvalue weighted by Gasteiger charge is -1.98. The highest BCUT2D eigenvalue weighted by Crippen LogP contribution is 2.03. The molecule has 2 N–H and O–H groups in total. The van der Waals surface area contributed by atoms with Crippen molar-refractivity contribution in [1.82, 2.24) is 9.55 Å². The Bertz CT molecular complexity index is 166. The summed E-state index contributed by atoms with van der Waals surface area (Å²) in [6, 6.07) is 0.456. The van der Waals surface area contributed by atoms with E-state index in [-0.39, 0.29) is 0 Å². The third-order valence-corrected chi connectivity index (χ3v) is 1.12. The lowest BCUT2D eigenvalue weighted by Crippen LogP contribution is -2.07. The molecule has 0 amide bonds. The summed E-state index contributed by atoms with van der Waals surface area (Å²) < 4.78 is 1.81. The molecule has 4 heteroatoms. The number of rotatable bonds is 2. The fraction of sp³-hybridized carbons (Fsp3) is 0.400. The standard InChI is InChI=1S/C5H9N3O/c1-2-8-4-3-7-5(8)9-6/h3-4H,2,6H2,1H3. The molecule has 0 saturated heterocycles. The van der Waals surface area contributed by atoms with E-state index in [0.29, 0.717) is 6.01 Å². The Morgan fingerprint density at radius 3 is 3.11 bits per heavy atom. The van der Waals surface area contributed by atoms with Crippen molar-refractivity contribution < 1.29 is 4.84 Å². The minimum absolute atomic E-state index is 0.456. The SMILES string of the molecule is CCn1ccnc1ON. The lowest BCUT2D eigenvalue weighted by atomic mass is 10.7. The van der Waals surface area contributed by atoms with Crippen LogP contribution in [0.25, 0.3) is 0 Å². The van der Waals surface area contributed by atoms with Gasteiger partial charge in [0, 0.05) is 18.9 Å². The number of aryl methyl sites for hydroxylation is 1. The average molecular weight is 127 g/mol. The molecular formula is C5H9N3O. The van der Waals surface area contributed by atoms with E-state index in [2.05, 4.69) is 9.82 Å². The van der Waals surface area contributed by atoms with Gasteiger partial charge in [0.25, 0.3) is 0 Å². The van der Waals surface area contributed by atoms with Crippen LogP contribution in [-0.4, -0.2) is 9.55 Å². The van der Waals surface area contributed by atoms with E-state index in [1.54, 1.807) is 10.8 Å². The number of aromatic nitrogens is 2. The summed E-state index contributed by atoms with van der Waals surface area (Å²) in [6.07, 6.45) is 3.45. The Labute approximate surface area is 53.2 Å². The zero-order chi connectivity index (χ0) is 6.69. The number of hydrogen-bond acceptors (Lipinski definition) is 3. The van der Waals surface area contributed by atoms with E-state index in [9.17, 15) is 0 Å². The van der Waals surface area contributed by atoms with Crippen LogP contribution < -0.4 is 10.7 Å². The molecule has 1 aromatic rings. The van der Waals surface area contributed by atoms with Gasteiger partial charge in [-0.3, -0.25) is 0 Å². The summed E-state index contributed by atoms with van der Waals surface area (Å²) in [7, 11) is 0. The maximum Gasteiger partial charge on any atom is 0.315 e. The Balaban J connectivity index is 2.85. The maximum atomic E-state index is 4.89. The quantitative estimate of drug-likeness (QED) is 0.575. The van der Waals surface area contributed by atoms with Gasteiger partial charge < -0.3 is 9.40 Å².